The number of nitrogens with zero attached hydrogens (tertiary/aromatic N) is 5. The SMILES string of the molecule is CCCn1cc(-c2cc3nccnc3c(NC[C@H]3CCCNC3)n2)cn1. The highest BCUT2D eigenvalue weighted by Crippen LogP contribution is 2.25. The van der Waals surface area contributed by atoms with Gasteiger partial charge in [0.25, 0.3) is 0 Å². The summed E-state index contributed by atoms with van der Waals surface area (Å²) in [6.07, 6.45) is 10.9. The van der Waals surface area contributed by atoms with Crippen molar-refractivity contribution in [1.82, 2.24) is 30.0 Å². The Morgan fingerprint density at radius 3 is 3.08 bits per heavy atom. The molecule has 3 aromatic rings. The Labute approximate surface area is 153 Å². The van der Waals surface area contributed by atoms with Gasteiger partial charge in [-0.1, -0.05) is 6.92 Å². The van der Waals surface area contributed by atoms with Crippen molar-refractivity contribution >= 4 is 16.9 Å². The molecule has 7 heteroatoms. The number of fused-ring (bicyclic) bond motifs is 1. The second-order valence-electron chi connectivity index (χ2n) is 6.87. The molecule has 3 aromatic heterocycles. The van der Waals surface area contributed by atoms with E-state index in [9.17, 15) is 0 Å². The summed E-state index contributed by atoms with van der Waals surface area (Å²) >= 11 is 0. The fourth-order valence-electron chi connectivity index (χ4n) is 3.43. The number of aryl methyl sites for hydroxylation is 1. The number of nitrogens with one attached hydrogen (secondary N) is 2. The molecule has 0 aliphatic carbocycles. The number of rotatable bonds is 6. The van der Waals surface area contributed by atoms with E-state index in [-0.39, 0.29) is 0 Å². The van der Waals surface area contributed by atoms with Crippen molar-refractivity contribution in [3.63, 3.8) is 0 Å². The molecule has 7 nitrogen and oxygen atoms in total. The summed E-state index contributed by atoms with van der Waals surface area (Å²) < 4.78 is 1.96. The summed E-state index contributed by atoms with van der Waals surface area (Å²) in [7, 11) is 0. The molecule has 26 heavy (non-hydrogen) atoms. The van der Waals surface area contributed by atoms with Gasteiger partial charge in [0.2, 0.25) is 0 Å². The highest BCUT2D eigenvalue weighted by atomic mass is 15.3. The molecule has 0 aromatic carbocycles. The summed E-state index contributed by atoms with van der Waals surface area (Å²) in [5.74, 6) is 1.42. The Balaban J connectivity index is 1.63. The number of aromatic nitrogens is 5. The minimum atomic E-state index is 0.619. The van der Waals surface area contributed by atoms with Crippen molar-refractivity contribution in [3.8, 4) is 11.3 Å². The lowest BCUT2D eigenvalue weighted by atomic mass is 10.00. The van der Waals surface area contributed by atoms with E-state index in [1.807, 2.05) is 23.1 Å². The molecule has 0 saturated carbocycles. The van der Waals surface area contributed by atoms with Gasteiger partial charge >= 0.3 is 0 Å². The fourth-order valence-corrected chi connectivity index (χ4v) is 3.43. The molecule has 0 amide bonds. The van der Waals surface area contributed by atoms with Crippen LogP contribution in [0.1, 0.15) is 26.2 Å². The van der Waals surface area contributed by atoms with Gasteiger partial charge < -0.3 is 10.6 Å². The second kappa shape index (κ2) is 7.78. The van der Waals surface area contributed by atoms with Crippen LogP contribution in [0.4, 0.5) is 5.82 Å². The largest absolute Gasteiger partial charge is 0.368 e. The maximum atomic E-state index is 4.84. The van der Waals surface area contributed by atoms with E-state index >= 15 is 0 Å². The Hall–Kier alpha value is -2.54. The summed E-state index contributed by atoms with van der Waals surface area (Å²) in [5, 5.41) is 11.4. The highest BCUT2D eigenvalue weighted by Gasteiger charge is 2.15. The lowest BCUT2D eigenvalue weighted by molar-refractivity contribution is 0.392. The first-order chi connectivity index (χ1) is 12.8. The zero-order valence-corrected chi connectivity index (χ0v) is 15.1. The lowest BCUT2D eigenvalue weighted by Crippen LogP contribution is -2.33. The average Bonchev–Trinajstić information content (AvgIpc) is 3.16. The van der Waals surface area contributed by atoms with Crippen molar-refractivity contribution in [1.29, 1.82) is 0 Å². The first-order valence-corrected chi connectivity index (χ1v) is 9.42. The topological polar surface area (TPSA) is 80.5 Å². The van der Waals surface area contributed by atoms with E-state index in [2.05, 4.69) is 32.6 Å². The van der Waals surface area contributed by atoms with E-state index in [1.54, 1.807) is 12.4 Å². The molecule has 2 N–H and O–H groups in total. The van der Waals surface area contributed by atoms with Crippen molar-refractivity contribution in [2.45, 2.75) is 32.7 Å². The quantitative estimate of drug-likeness (QED) is 0.711. The molecule has 1 saturated heterocycles. The molecule has 136 valence electrons. The van der Waals surface area contributed by atoms with Crippen LogP contribution >= 0.6 is 0 Å². The molecule has 1 fully saturated rings. The van der Waals surface area contributed by atoms with Gasteiger partial charge in [-0.2, -0.15) is 5.10 Å². The van der Waals surface area contributed by atoms with Gasteiger partial charge in [0.05, 0.1) is 17.4 Å². The molecule has 1 aliphatic rings. The molecular formula is C19H25N7. The molecular weight excluding hydrogens is 326 g/mol. The van der Waals surface area contributed by atoms with Gasteiger partial charge in [0, 0.05) is 37.2 Å². The van der Waals surface area contributed by atoms with E-state index in [0.717, 1.165) is 60.7 Å². The molecule has 0 spiro atoms. The zero-order valence-electron chi connectivity index (χ0n) is 15.1. The van der Waals surface area contributed by atoms with Crippen LogP contribution < -0.4 is 10.6 Å². The standard InChI is InChI=1S/C19H25N7/c1-2-8-26-13-15(12-24-26)16-9-17-18(22-7-6-21-17)19(25-16)23-11-14-4-3-5-20-10-14/h6-7,9,12-14,20H,2-5,8,10-11H2,1H3,(H,23,25)/t14-/m0/s1. The monoisotopic (exact) mass is 351 g/mol. The van der Waals surface area contributed by atoms with E-state index in [0.29, 0.717) is 5.92 Å². The summed E-state index contributed by atoms with van der Waals surface area (Å²) in [4.78, 5) is 13.8. The van der Waals surface area contributed by atoms with Crippen LogP contribution in [0.3, 0.4) is 0 Å². The average molecular weight is 351 g/mol. The fraction of sp³-hybridized carbons (Fsp3) is 0.474. The van der Waals surface area contributed by atoms with Crippen LogP contribution in [0.25, 0.3) is 22.3 Å². The zero-order chi connectivity index (χ0) is 17.8. The Kier molecular flexibility index (Phi) is 5.06. The molecule has 4 heterocycles. The van der Waals surface area contributed by atoms with Crippen molar-refractivity contribution in [2.75, 3.05) is 25.0 Å². The van der Waals surface area contributed by atoms with Gasteiger partial charge in [-0.05, 0) is 44.3 Å². The van der Waals surface area contributed by atoms with Crippen molar-refractivity contribution < 1.29 is 0 Å². The molecule has 0 bridgehead atoms. The first kappa shape index (κ1) is 16.9. The maximum Gasteiger partial charge on any atom is 0.154 e. The number of piperidine rings is 1. The minimum absolute atomic E-state index is 0.619. The second-order valence-corrected chi connectivity index (χ2v) is 6.87. The van der Waals surface area contributed by atoms with Gasteiger partial charge in [-0.3, -0.25) is 9.67 Å². The number of pyridine rings is 1. The molecule has 4 rings (SSSR count). The predicted octanol–water partition coefficient (Wildman–Crippen LogP) is 2.71. The minimum Gasteiger partial charge on any atom is -0.368 e. The third kappa shape index (κ3) is 3.67. The van der Waals surface area contributed by atoms with Crippen LogP contribution in [0.15, 0.2) is 30.9 Å². The van der Waals surface area contributed by atoms with Crippen LogP contribution in [-0.4, -0.2) is 44.4 Å². The normalized spacial score (nSPS) is 17.5. The van der Waals surface area contributed by atoms with Gasteiger partial charge in [-0.15, -0.1) is 0 Å². The van der Waals surface area contributed by atoms with E-state index in [1.165, 1.54) is 12.8 Å². The third-order valence-electron chi connectivity index (χ3n) is 4.80. The summed E-state index contributed by atoms with van der Waals surface area (Å²) in [6.45, 7) is 6.13. The summed E-state index contributed by atoms with van der Waals surface area (Å²) in [6, 6.07) is 1.99. The van der Waals surface area contributed by atoms with Crippen LogP contribution in [-0.2, 0) is 6.54 Å². The van der Waals surface area contributed by atoms with Gasteiger partial charge in [0.15, 0.2) is 5.82 Å². The van der Waals surface area contributed by atoms with E-state index in [4.69, 9.17) is 4.98 Å². The maximum absolute atomic E-state index is 4.84. The number of hydrogen-bond donors (Lipinski definition) is 2. The van der Waals surface area contributed by atoms with Gasteiger partial charge in [0.1, 0.15) is 5.52 Å². The van der Waals surface area contributed by atoms with Crippen LogP contribution in [0, 0.1) is 5.92 Å². The molecule has 1 aliphatic heterocycles. The van der Waals surface area contributed by atoms with Crippen molar-refractivity contribution in [3.05, 3.63) is 30.9 Å². The number of anilines is 1. The van der Waals surface area contributed by atoms with Crippen molar-refractivity contribution in [2.24, 2.45) is 5.92 Å². The Bertz CT molecular complexity index is 867. The predicted molar refractivity (Wildman–Crippen MR) is 103 cm³/mol. The summed E-state index contributed by atoms with van der Waals surface area (Å²) in [5.41, 5.74) is 3.56. The molecule has 1 atom stereocenters. The number of hydrogen-bond acceptors (Lipinski definition) is 6. The van der Waals surface area contributed by atoms with Crippen LogP contribution in [0.5, 0.6) is 0 Å². The smallest absolute Gasteiger partial charge is 0.154 e. The molecule has 0 unspecified atom stereocenters. The van der Waals surface area contributed by atoms with Crippen LogP contribution in [0.2, 0.25) is 0 Å². The Morgan fingerprint density at radius 1 is 1.31 bits per heavy atom. The highest BCUT2D eigenvalue weighted by molar-refractivity contribution is 5.88. The first-order valence-electron chi connectivity index (χ1n) is 9.42. The lowest BCUT2D eigenvalue weighted by Gasteiger charge is -2.23. The van der Waals surface area contributed by atoms with E-state index < -0.39 is 0 Å². The third-order valence-corrected chi connectivity index (χ3v) is 4.80. The van der Waals surface area contributed by atoms with Gasteiger partial charge in [-0.25, -0.2) is 9.97 Å². The Morgan fingerprint density at radius 2 is 2.23 bits per heavy atom. The molecule has 0 radical (unpaired) electrons.